The predicted octanol–water partition coefficient (Wildman–Crippen LogP) is 2.10. The van der Waals surface area contributed by atoms with Crippen LogP contribution >= 0.6 is 0 Å². The Morgan fingerprint density at radius 2 is 1.77 bits per heavy atom. The zero-order valence-corrected chi connectivity index (χ0v) is 13.9. The molecule has 1 aliphatic rings. The smallest absolute Gasteiger partial charge is 0.355 e. The van der Waals surface area contributed by atoms with Crippen LogP contribution in [0.4, 0.5) is 5.69 Å². The zero-order valence-electron chi connectivity index (χ0n) is 13.9. The van der Waals surface area contributed by atoms with Gasteiger partial charge in [-0.3, -0.25) is 9.59 Å². The number of anilines is 1. The molecule has 0 aliphatic carbocycles. The summed E-state index contributed by atoms with van der Waals surface area (Å²) in [4.78, 5) is 35.0. The van der Waals surface area contributed by atoms with E-state index in [1.54, 1.807) is 6.07 Å². The van der Waals surface area contributed by atoms with Crippen molar-refractivity contribution in [2.45, 2.75) is 12.8 Å². The average Bonchev–Trinajstić information content (AvgIpc) is 2.68. The second-order valence-electron chi connectivity index (χ2n) is 5.63. The van der Waals surface area contributed by atoms with E-state index in [0.29, 0.717) is 5.69 Å². The highest BCUT2D eigenvalue weighted by Gasteiger charge is 2.20. The van der Waals surface area contributed by atoms with E-state index in [2.05, 4.69) is 15.8 Å². The number of ether oxygens (including phenoxy) is 1. The lowest BCUT2D eigenvalue weighted by Crippen LogP contribution is -2.32. The van der Waals surface area contributed by atoms with Crippen LogP contribution in [-0.2, 0) is 19.1 Å². The Labute approximate surface area is 150 Å². The number of benzene rings is 2. The molecule has 0 radical (unpaired) electrons. The zero-order chi connectivity index (χ0) is 18.4. The molecule has 3 rings (SSSR count). The van der Waals surface area contributed by atoms with Crippen molar-refractivity contribution < 1.29 is 19.1 Å². The van der Waals surface area contributed by atoms with E-state index in [9.17, 15) is 14.4 Å². The molecule has 1 aliphatic heterocycles. The lowest BCUT2D eigenvalue weighted by Gasteiger charge is -2.13. The second-order valence-corrected chi connectivity index (χ2v) is 5.63. The summed E-state index contributed by atoms with van der Waals surface area (Å²) in [7, 11) is 0. The maximum Gasteiger partial charge on any atom is 0.355 e. The van der Waals surface area contributed by atoms with Crippen LogP contribution in [-0.4, -0.2) is 30.1 Å². The number of esters is 1. The van der Waals surface area contributed by atoms with Gasteiger partial charge in [0.15, 0.2) is 6.61 Å². The SMILES string of the molecule is O=C1CCC(C(=O)OCC(=O)Nc2ccccc2-c2ccccc2)=NN1. The van der Waals surface area contributed by atoms with Crippen LogP contribution in [0, 0.1) is 0 Å². The van der Waals surface area contributed by atoms with Gasteiger partial charge in [-0.25, -0.2) is 10.2 Å². The maximum atomic E-state index is 12.1. The Morgan fingerprint density at radius 1 is 1.04 bits per heavy atom. The molecule has 2 N–H and O–H groups in total. The average molecular weight is 351 g/mol. The second kappa shape index (κ2) is 8.06. The normalized spacial score (nSPS) is 13.4. The Balaban J connectivity index is 1.61. The fourth-order valence-electron chi connectivity index (χ4n) is 2.48. The van der Waals surface area contributed by atoms with Crippen LogP contribution in [0.15, 0.2) is 59.7 Å². The van der Waals surface area contributed by atoms with Gasteiger partial charge in [0.25, 0.3) is 5.91 Å². The van der Waals surface area contributed by atoms with E-state index < -0.39 is 18.5 Å². The first-order valence-corrected chi connectivity index (χ1v) is 8.10. The van der Waals surface area contributed by atoms with E-state index in [1.807, 2.05) is 48.5 Å². The van der Waals surface area contributed by atoms with Crippen LogP contribution in [0.25, 0.3) is 11.1 Å². The molecule has 0 atom stereocenters. The van der Waals surface area contributed by atoms with Crippen molar-refractivity contribution in [3.8, 4) is 11.1 Å². The first-order chi connectivity index (χ1) is 12.6. The fourth-order valence-corrected chi connectivity index (χ4v) is 2.48. The van der Waals surface area contributed by atoms with Crippen molar-refractivity contribution in [2.75, 3.05) is 11.9 Å². The monoisotopic (exact) mass is 351 g/mol. The first kappa shape index (κ1) is 17.3. The number of nitrogens with zero attached hydrogens (tertiary/aromatic N) is 1. The van der Waals surface area contributed by atoms with Gasteiger partial charge in [0, 0.05) is 24.1 Å². The van der Waals surface area contributed by atoms with Gasteiger partial charge in [0.05, 0.1) is 0 Å². The molecule has 7 nitrogen and oxygen atoms in total. The third-order valence-corrected chi connectivity index (χ3v) is 3.76. The summed E-state index contributed by atoms with van der Waals surface area (Å²) in [5.74, 6) is -1.42. The molecule has 1 heterocycles. The topological polar surface area (TPSA) is 96.9 Å². The summed E-state index contributed by atoms with van der Waals surface area (Å²) >= 11 is 0. The molecule has 7 heteroatoms. The molecular formula is C19H17N3O4. The molecule has 132 valence electrons. The lowest BCUT2D eigenvalue weighted by molar-refractivity contribution is -0.140. The predicted molar refractivity (Wildman–Crippen MR) is 96.3 cm³/mol. The minimum atomic E-state index is -0.712. The van der Waals surface area contributed by atoms with Gasteiger partial charge in [-0.15, -0.1) is 0 Å². The third-order valence-electron chi connectivity index (χ3n) is 3.76. The minimum Gasteiger partial charge on any atom is -0.451 e. The van der Waals surface area contributed by atoms with Crippen molar-refractivity contribution in [3.05, 3.63) is 54.6 Å². The summed E-state index contributed by atoms with van der Waals surface area (Å²) in [5, 5.41) is 6.39. The van der Waals surface area contributed by atoms with Gasteiger partial charge in [0.2, 0.25) is 5.91 Å². The number of hydrogen-bond donors (Lipinski definition) is 2. The quantitative estimate of drug-likeness (QED) is 0.806. The van der Waals surface area contributed by atoms with E-state index in [1.165, 1.54) is 0 Å². The Morgan fingerprint density at radius 3 is 2.50 bits per heavy atom. The number of hydrogen-bond acceptors (Lipinski definition) is 5. The highest BCUT2D eigenvalue weighted by molar-refractivity contribution is 6.37. The van der Waals surface area contributed by atoms with Gasteiger partial charge in [0.1, 0.15) is 5.71 Å². The number of hydrazone groups is 1. The fraction of sp³-hybridized carbons (Fsp3) is 0.158. The van der Waals surface area contributed by atoms with Crippen LogP contribution in [0.1, 0.15) is 12.8 Å². The van der Waals surface area contributed by atoms with Crippen LogP contribution < -0.4 is 10.7 Å². The standard InChI is InChI=1S/C19H17N3O4/c23-17-11-10-16(21-22-17)19(25)26-12-18(24)20-15-9-5-4-8-14(15)13-6-2-1-3-7-13/h1-9H,10-12H2,(H,20,24)(H,22,23). The largest absolute Gasteiger partial charge is 0.451 e. The van der Waals surface area contributed by atoms with Crippen molar-refractivity contribution >= 4 is 29.2 Å². The van der Waals surface area contributed by atoms with Crippen LogP contribution in [0.2, 0.25) is 0 Å². The van der Waals surface area contributed by atoms with E-state index in [-0.39, 0.29) is 24.5 Å². The maximum absolute atomic E-state index is 12.1. The molecule has 2 amide bonds. The number of nitrogens with one attached hydrogen (secondary N) is 2. The minimum absolute atomic E-state index is 0.0992. The molecule has 0 bridgehead atoms. The molecule has 0 saturated heterocycles. The Bertz CT molecular complexity index is 862. The summed E-state index contributed by atoms with van der Waals surface area (Å²) in [6, 6.07) is 17.0. The molecular weight excluding hydrogens is 334 g/mol. The summed E-state index contributed by atoms with van der Waals surface area (Å²) < 4.78 is 4.96. The number of carbonyl (C=O) groups excluding carboxylic acids is 3. The van der Waals surface area contributed by atoms with Crippen molar-refractivity contribution in [3.63, 3.8) is 0 Å². The molecule has 0 spiro atoms. The summed E-state index contributed by atoms with van der Waals surface area (Å²) in [6.07, 6.45) is 0.369. The van der Waals surface area contributed by atoms with Crippen molar-refractivity contribution in [1.82, 2.24) is 5.43 Å². The number of rotatable bonds is 5. The molecule has 0 unspecified atom stereocenters. The van der Waals surface area contributed by atoms with Crippen LogP contribution in [0.5, 0.6) is 0 Å². The molecule has 0 saturated carbocycles. The third kappa shape index (κ3) is 4.32. The van der Waals surface area contributed by atoms with E-state index in [0.717, 1.165) is 11.1 Å². The number of carbonyl (C=O) groups is 3. The highest BCUT2D eigenvalue weighted by atomic mass is 16.5. The van der Waals surface area contributed by atoms with Gasteiger partial charge in [-0.05, 0) is 11.6 Å². The number of para-hydroxylation sites is 1. The number of amides is 2. The molecule has 2 aromatic rings. The molecule has 0 aromatic heterocycles. The molecule has 0 fully saturated rings. The van der Waals surface area contributed by atoms with Crippen molar-refractivity contribution in [1.29, 1.82) is 0 Å². The van der Waals surface area contributed by atoms with Gasteiger partial charge in [-0.2, -0.15) is 5.10 Å². The highest BCUT2D eigenvalue weighted by Crippen LogP contribution is 2.27. The van der Waals surface area contributed by atoms with E-state index in [4.69, 9.17) is 4.74 Å². The Hall–Kier alpha value is -3.48. The summed E-state index contributed by atoms with van der Waals surface area (Å²) in [5.41, 5.74) is 4.77. The summed E-state index contributed by atoms with van der Waals surface area (Å²) in [6.45, 7) is -0.436. The van der Waals surface area contributed by atoms with E-state index >= 15 is 0 Å². The molecule has 2 aromatic carbocycles. The molecule has 26 heavy (non-hydrogen) atoms. The Kier molecular flexibility index (Phi) is 5.38. The van der Waals surface area contributed by atoms with Gasteiger partial charge >= 0.3 is 5.97 Å². The van der Waals surface area contributed by atoms with Crippen LogP contribution in [0.3, 0.4) is 0 Å². The van der Waals surface area contributed by atoms with Gasteiger partial charge in [-0.1, -0.05) is 48.5 Å². The van der Waals surface area contributed by atoms with Crippen molar-refractivity contribution in [2.24, 2.45) is 5.10 Å². The van der Waals surface area contributed by atoms with Gasteiger partial charge < -0.3 is 10.1 Å². The lowest BCUT2D eigenvalue weighted by atomic mass is 10.0. The first-order valence-electron chi connectivity index (χ1n) is 8.10.